The molecule has 36 heavy (non-hydrogen) atoms. The molecule has 1 unspecified atom stereocenters. The van der Waals surface area contributed by atoms with E-state index in [-0.39, 0.29) is 11.9 Å². The third-order valence-corrected chi connectivity index (χ3v) is 6.94. The summed E-state index contributed by atoms with van der Waals surface area (Å²) >= 11 is 0. The predicted octanol–water partition coefficient (Wildman–Crippen LogP) is 2.89. The molecule has 0 spiro atoms. The monoisotopic (exact) mass is 512 g/mol. The van der Waals surface area contributed by atoms with Crippen molar-refractivity contribution in [1.29, 1.82) is 0 Å². The van der Waals surface area contributed by atoms with Crippen LogP contribution in [-0.2, 0) is 27.7 Å². The Morgan fingerprint density at radius 1 is 1.31 bits per heavy atom. The van der Waals surface area contributed by atoms with E-state index in [1.807, 2.05) is 0 Å². The highest BCUT2D eigenvalue weighted by Gasteiger charge is 2.45. The van der Waals surface area contributed by atoms with Crippen LogP contribution in [0.4, 0.5) is 24.8 Å². The first-order chi connectivity index (χ1) is 17.0. The van der Waals surface area contributed by atoms with Crippen LogP contribution in [0.5, 0.6) is 0 Å². The molecule has 0 aliphatic carbocycles. The lowest BCUT2D eigenvalue weighted by molar-refractivity contribution is -0.144. The molecule has 1 fully saturated rings. The summed E-state index contributed by atoms with van der Waals surface area (Å²) in [5.74, 6) is -0.293. The van der Waals surface area contributed by atoms with Gasteiger partial charge in [0.1, 0.15) is 5.82 Å². The van der Waals surface area contributed by atoms with E-state index in [0.29, 0.717) is 18.3 Å². The third-order valence-electron chi connectivity index (χ3n) is 6.94. The van der Waals surface area contributed by atoms with E-state index >= 15 is 0 Å². The van der Waals surface area contributed by atoms with Crippen LogP contribution in [0.1, 0.15) is 43.8 Å². The number of anilines is 2. The van der Waals surface area contributed by atoms with E-state index in [1.165, 1.54) is 6.07 Å². The van der Waals surface area contributed by atoms with E-state index < -0.39 is 23.9 Å². The van der Waals surface area contributed by atoms with Crippen LogP contribution in [0, 0.1) is 5.92 Å². The largest absolute Gasteiger partial charge is 0.451 e. The lowest BCUT2D eigenvalue weighted by Crippen LogP contribution is -2.58. The molecule has 0 radical (unpaired) electrons. The fourth-order valence-electron chi connectivity index (χ4n) is 5.02. The molecule has 2 aliphatic rings. The zero-order valence-corrected chi connectivity index (χ0v) is 21.3. The van der Waals surface area contributed by atoms with Gasteiger partial charge in [-0.3, -0.25) is 15.3 Å². The number of rotatable bonds is 9. The van der Waals surface area contributed by atoms with Crippen molar-refractivity contribution in [2.75, 3.05) is 46.3 Å². The molecule has 13 heteroatoms. The normalized spacial score (nSPS) is 20.5. The SMILES string of the molecule is COC(N[C@H](CN(C)C)C1CCOCC1)N1Cc2c(Nc3ccnc(C(F)(F)F)n3)n[nH]c2C1(C)C. The number of fused-ring (bicyclic) bond motifs is 1. The molecule has 3 N–H and O–H groups in total. The summed E-state index contributed by atoms with van der Waals surface area (Å²) in [6.45, 7) is 6.98. The summed E-state index contributed by atoms with van der Waals surface area (Å²) in [6, 6.07) is 1.58. The number of likely N-dealkylation sites (N-methyl/N-ethyl adjacent to an activating group) is 1. The maximum absolute atomic E-state index is 13.1. The number of methoxy groups -OCH3 is 1. The number of H-pyrrole nitrogens is 1. The molecule has 10 nitrogen and oxygen atoms in total. The lowest BCUT2D eigenvalue weighted by atomic mass is 9.91. The van der Waals surface area contributed by atoms with Gasteiger partial charge in [0.05, 0.1) is 11.2 Å². The Kier molecular flexibility index (Phi) is 7.86. The second-order valence-electron chi connectivity index (χ2n) is 10.1. The third kappa shape index (κ3) is 5.65. The molecular weight excluding hydrogens is 477 g/mol. The van der Waals surface area contributed by atoms with Crippen molar-refractivity contribution in [3.8, 4) is 0 Å². The van der Waals surface area contributed by atoms with Crippen LogP contribution in [-0.4, -0.2) is 83.3 Å². The summed E-state index contributed by atoms with van der Waals surface area (Å²) in [5, 5.41) is 14.1. The first kappa shape index (κ1) is 26.7. The molecule has 4 heterocycles. The Hall–Kier alpha value is -2.32. The molecule has 1 saturated heterocycles. The van der Waals surface area contributed by atoms with Gasteiger partial charge < -0.3 is 19.7 Å². The van der Waals surface area contributed by atoms with Gasteiger partial charge in [-0.2, -0.15) is 18.3 Å². The van der Waals surface area contributed by atoms with Crippen molar-refractivity contribution < 1.29 is 22.6 Å². The zero-order chi connectivity index (χ0) is 26.1. The number of hydrogen-bond donors (Lipinski definition) is 3. The quantitative estimate of drug-likeness (QED) is 0.438. The second-order valence-corrected chi connectivity index (χ2v) is 10.1. The Bertz CT molecular complexity index is 1020. The fourth-order valence-corrected chi connectivity index (χ4v) is 5.02. The van der Waals surface area contributed by atoms with Crippen molar-refractivity contribution in [3.63, 3.8) is 0 Å². The lowest BCUT2D eigenvalue weighted by Gasteiger charge is -2.42. The van der Waals surface area contributed by atoms with Crippen molar-refractivity contribution in [1.82, 2.24) is 35.3 Å². The van der Waals surface area contributed by atoms with Gasteiger partial charge in [-0.25, -0.2) is 9.97 Å². The number of aromatic nitrogens is 4. The minimum atomic E-state index is -4.63. The minimum absolute atomic E-state index is 0.0230. The molecule has 200 valence electrons. The van der Waals surface area contributed by atoms with Gasteiger partial charge in [0.2, 0.25) is 5.82 Å². The van der Waals surface area contributed by atoms with Crippen molar-refractivity contribution in [3.05, 3.63) is 29.3 Å². The van der Waals surface area contributed by atoms with Crippen LogP contribution in [0.3, 0.4) is 0 Å². The highest BCUT2D eigenvalue weighted by molar-refractivity contribution is 5.59. The number of aromatic amines is 1. The van der Waals surface area contributed by atoms with Crippen LogP contribution in [0.25, 0.3) is 0 Å². The highest BCUT2D eigenvalue weighted by atomic mass is 19.4. The van der Waals surface area contributed by atoms with Gasteiger partial charge in [-0.05, 0) is 52.8 Å². The van der Waals surface area contributed by atoms with Gasteiger partial charge in [-0.15, -0.1) is 0 Å². The molecule has 0 amide bonds. The summed E-state index contributed by atoms with van der Waals surface area (Å²) < 4.78 is 50.7. The minimum Gasteiger partial charge on any atom is -0.381 e. The van der Waals surface area contributed by atoms with Gasteiger partial charge in [-0.1, -0.05) is 0 Å². The van der Waals surface area contributed by atoms with Crippen molar-refractivity contribution >= 4 is 11.6 Å². The number of nitrogens with zero attached hydrogens (tertiary/aromatic N) is 5. The van der Waals surface area contributed by atoms with E-state index in [4.69, 9.17) is 9.47 Å². The Balaban J connectivity index is 1.54. The first-order valence-electron chi connectivity index (χ1n) is 12.0. The molecule has 2 aromatic heterocycles. The van der Waals surface area contributed by atoms with Gasteiger partial charge >= 0.3 is 6.18 Å². The van der Waals surface area contributed by atoms with Gasteiger partial charge in [0.15, 0.2) is 12.2 Å². The van der Waals surface area contributed by atoms with Crippen molar-refractivity contribution in [2.45, 2.75) is 57.3 Å². The Labute approximate surface area is 208 Å². The maximum atomic E-state index is 13.1. The predicted molar refractivity (Wildman–Crippen MR) is 127 cm³/mol. The standard InChI is InChI=1S/C23H35F3N8O2/c1-22(2)18-15(19(32-31-18)29-17-6-9-27-20(30-17)23(24,25)26)12-34(22)21(35-5)28-16(13-33(3)4)14-7-10-36-11-8-14/h6,9,14,16,21,28H,7-8,10-13H2,1-5H3,(H2,27,29,30,31,32)/t16-,21?/m1/s1. The number of alkyl halides is 3. The first-order valence-corrected chi connectivity index (χ1v) is 12.0. The second kappa shape index (κ2) is 10.6. The summed E-state index contributed by atoms with van der Waals surface area (Å²) in [7, 11) is 5.79. The zero-order valence-electron chi connectivity index (χ0n) is 21.3. The van der Waals surface area contributed by atoms with Crippen LogP contribution >= 0.6 is 0 Å². The van der Waals surface area contributed by atoms with Crippen LogP contribution in [0.2, 0.25) is 0 Å². The van der Waals surface area contributed by atoms with E-state index in [9.17, 15) is 13.2 Å². The molecule has 0 saturated carbocycles. The van der Waals surface area contributed by atoms with E-state index in [2.05, 4.69) is 68.5 Å². The summed E-state index contributed by atoms with van der Waals surface area (Å²) in [5.41, 5.74) is 1.25. The van der Waals surface area contributed by atoms with Gasteiger partial charge in [0, 0.05) is 51.2 Å². The topological polar surface area (TPSA) is 103 Å². The van der Waals surface area contributed by atoms with Crippen molar-refractivity contribution in [2.24, 2.45) is 5.92 Å². The molecule has 0 aromatic carbocycles. The molecule has 2 aliphatic heterocycles. The molecular formula is C23H35F3N8O2. The summed E-state index contributed by atoms with van der Waals surface area (Å²) in [4.78, 5) is 11.3. The average Bonchev–Trinajstić information content (AvgIpc) is 3.34. The highest BCUT2D eigenvalue weighted by Crippen LogP contribution is 2.42. The van der Waals surface area contributed by atoms with E-state index in [1.54, 1.807) is 7.11 Å². The van der Waals surface area contributed by atoms with Gasteiger partial charge in [0.25, 0.3) is 0 Å². The van der Waals surface area contributed by atoms with Crippen LogP contribution in [0.15, 0.2) is 12.3 Å². The molecule has 4 rings (SSSR count). The Morgan fingerprint density at radius 3 is 2.67 bits per heavy atom. The van der Waals surface area contributed by atoms with Crippen LogP contribution < -0.4 is 10.6 Å². The molecule has 2 aromatic rings. The number of ether oxygens (including phenoxy) is 2. The van der Waals surface area contributed by atoms with E-state index in [0.717, 1.165) is 50.1 Å². The summed E-state index contributed by atoms with van der Waals surface area (Å²) in [6.07, 6.45) is -1.97. The maximum Gasteiger partial charge on any atom is 0.451 e. The number of nitrogens with one attached hydrogen (secondary N) is 3. The number of halogens is 3. The number of hydrogen-bond acceptors (Lipinski definition) is 9. The Morgan fingerprint density at radius 2 is 2.03 bits per heavy atom. The smallest absolute Gasteiger partial charge is 0.381 e. The molecule has 2 atom stereocenters. The molecule has 0 bridgehead atoms. The average molecular weight is 513 g/mol. The fraction of sp³-hybridized carbons (Fsp3) is 0.696.